The lowest BCUT2D eigenvalue weighted by Crippen LogP contribution is -2.52. The zero-order chi connectivity index (χ0) is 13.4. The Kier molecular flexibility index (Phi) is 2.66. The second kappa shape index (κ2) is 4.52. The standard InChI is InChI=1S/C13H16N6O/c1-4-18(5-2-13(1)3-6-20-13)11-7-14-8-12(17-11)19-10-15-9-16-19/h7-10H,1-6H2. The molecule has 1 spiro atoms. The van der Waals surface area contributed by atoms with Gasteiger partial charge >= 0.3 is 0 Å². The minimum Gasteiger partial charge on any atom is -0.375 e. The largest absolute Gasteiger partial charge is 0.375 e. The van der Waals surface area contributed by atoms with Gasteiger partial charge in [0.05, 0.1) is 24.6 Å². The van der Waals surface area contributed by atoms with Crippen LogP contribution in [0.2, 0.25) is 0 Å². The van der Waals surface area contributed by atoms with Gasteiger partial charge in [-0.1, -0.05) is 0 Å². The van der Waals surface area contributed by atoms with Crippen molar-refractivity contribution in [1.82, 2.24) is 24.7 Å². The lowest BCUT2D eigenvalue weighted by molar-refractivity contribution is -0.158. The average molecular weight is 272 g/mol. The summed E-state index contributed by atoms with van der Waals surface area (Å²) in [6, 6.07) is 0. The van der Waals surface area contributed by atoms with E-state index in [2.05, 4.69) is 25.0 Å². The minimum absolute atomic E-state index is 0.160. The van der Waals surface area contributed by atoms with Crippen LogP contribution in [0.1, 0.15) is 19.3 Å². The average Bonchev–Trinajstić information content (AvgIpc) is 3.00. The van der Waals surface area contributed by atoms with Crippen molar-refractivity contribution in [2.24, 2.45) is 0 Å². The van der Waals surface area contributed by atoms with Gasteiger partial charge in [0.1, 0.15) is 18.5 Å². The smallest absolute Gasteiger partial charge is 0.175 e. The summed E-state index contributed by atoms with van der Waals surface area (Å²) in [6.45, 7) is 2.85. The number of piperidine rings is 1. The molecule has 0 aromatic carbocycles. The fourth-order valence-corrected chi connectivity index (χ4v) is 2.86. The van der Waals surface area contributed by atoms with E-state index in [4.69, 9.17) is 4.74 Å². The highest BCUT2D eigenvalue weighted by Gasteiger charge is 2.41. The van der Waals surface area contributed by atoms with Gasteiger partial charge in [0, 0.05) is 13.1 Å². The maximum Gasteiger partial charge on any atom is 0.175 e. The van der Waals surface area contributed by atoms with Crippen LogP contribution in [0, 0.1) is 0 Å². The Balaban J connectivity index is 1.53. The van der Waals surface area contributed by atoms with Crippen molar-refractivity contribution < 1.29 is 4.74 Å². The third-order valence-corrected chi connectivity index (χ3v) is 4.23. The summed E-state index contributed by atoms with van der Waals surface area (Å²) in [5, 5.41) is 4.08. The molecule has 2 fully saturated rings. The molecule has 0 amide bonds. The highest BCUT2D eigenvalue weighted by molar-refractivity contribution is 5.40. The van der Waals surface area contributed by atoms with Gasteiger partial charge in [-0.05, 0) is 19.3 Å². The Labute approximate surface area is 116 Å². The van der Waals surface area contributed by atoms with E-state index in [1.54, 1.807) is 23.4 Å². The summed E-state index contributed by atoms with van der Waals surface area (Å²) < 4.78 is 7.36. The van der Waals surface area contributed by atoms with E-state index < -0.39 is 0 Å². The Hall–Kier alpha value is -2.02. The molecule has 0 N–H and O–H groups in total. The summed E-state index contributed by atoms with van der Waals surface area (Å²) in [5.41, 5.74) is 0.160. The predicted molar refractivity (Wildman–Crippen MR) is 71.7 cm³/mol. The van der Waals surface area contributed by atoms with Gasteiger partial charge < -0.3 is 9.64 Å². The number of aromatic nitrogens is 5. The van der Waals surface area contributed by atoms with E-state index in [0.29, 0.717) is 5.82 Å². The lowest BCUT2D eigenvalue weighted by atomic mass is 9.84. The highest BCUT2D eigenvalue weighted by atomic mass is 16.5. The van der Waals surface area contributed by atoms with Gasteiger partial charge in [-0.15, -0.1) is 0 Å². The van der Waals surface area contributed by atoms with Crippen LogP contribution in [0.15, 0.2) is 25.0 Å². The van der Waals surface area contributed by atoms with Crippen molar-refractivity contribution in [3.63, 3.8) is 0 Å². The molecule has 0 bridgehead atoms. The molecule has 0 unspecified atom stereocenters. The van der Waals surface area contributed by atoms with Gasteiger partial charge in [-0.2, -0.15) is 5.10 Å². The molecule has 2 aromatic heterocycles. The van der Waals surface area contributed by atoms with Crippen LogP contribution in [-0.4, -0.2) is 50.0 Å². The summed E-state index contributed by atoms with van der Waals surface area (Å²) in [7, 11) is 0. The summed E-state index contributed by atoms with van der Waals surface area (Å²) in [5.74, 6) is 1.59. The van der Waals surface area contributed by atoms with Crippen molar-refractivity contribution in [3.8, 4) is 5.82 Å². The van der Waals surface area contributed by atoms with Gasteiger partial charge in [0.15, 0.2) is 5.82 Å². The van der Waals surface area contributed by atoms with Crippen molar-refractivity contribution in [2.45, 2.75) is 24.9 Å². The van der Waals surface area contributed by atoms with E-state index in [1.807, 2.05) is 0 Å². The van der Waals surface area contributed by atoms with E-state index >= 15 is 0 Å². The van der Waals surface area contributed by atoms with Crippen molar-refractivity contribution >= 4 is 5.82 Å². The van der Waals surface area contributed by atoms with Crippen molar-refractivity contribution in [2.75, 3.05) is 24.6 Å². The zero-order valence-electron chi connectivity index (χ0n) is 11.1. The highest BCUT2D eigenvalue weighted by Crippen LogP contribution is 2.37. The monoisotopic (exact) mass is 272 g/mol. The summed E-state index contributed by atoms with van der Waals surface area (Å²) >= 11 is 0. The fraction of sp³-hybridized carbons (Fsp3) is 0.538. The van der Waals surface area contributed by atoms with E-state index in [9.17, 15) is 0 Å². The topological polar surface area (TPSA) is 69.0 Å². The van der Waals surface area contributed by atoms with Crippen LogP contribution < -0.4 is 4.90 Å². The molecule has 4 heterocycles. The normalized spacial score (nSPS) is 20.9. The fourth-order valence-electron chi connectivity index (χ4n) is 2.86. The molecule has 4 rings (SSSR count). The number of hydrogen-bond acceptors (Lipinski definition) is 6. The molecule has 20 heavy (non-hydrogen) atoms. The number of hydrogen-bond donors (Lipinski definition) is 0. The molecule has 2 aliphatic rings. The number of ether oxygens (including phenoxy) is 1. The molecule has 2 aromatic rings. The molecule has 104 valence electrons. The van der Waals surface area contributed by atoms with E-state index in [0.717, 1.165) is 38.4 Å². The van der Waals surface area contributed by atoms with Crippen LogP contribution in [-0.2, 0) is 4.74 Å². The maximum atomic E-state index is 5.74. The van der Waals surface area contributed by atoms with Gasteiger partial charge in [-0.25, -0.2) is 14.6 Å². The van der Waals surface area contributed by atoms with Crippen molar-refractivity contribution in [3.05, 3.63) is 25.0 Å². The second-order valence-corrected chi connectivity index (χ2v) is 5.34. The first-order valence-corrected chi connectivity index (χ1v) is 6.91. The van der Waals surface area contributed by atoms with Crippen LogP contribution in [0.3, 0.4) is 0 Å². The van der Waals surface area contributed by atoms with Gasteiger partial charge in [0.25, 0.3) is 0 Å². The molecule has 0 aliphatic carbocycles. The van der Waals surface area contributed by atoms with E-state index in [-0.39, 0.29) is 5.60 Å². The molecular weight excluding hydrogens is 256 g/mol. The second-order valence-electron chi connectivity index (χ2n) is 5.34. The number of nitrogens with zero attached hydrogens (tertiary/aromatic N) is 6. The third kappa shape index (κ3) is 1.94. The zero-order valence-corrected chi connectivity index (χ0v) is 11.1. The SMILES string of the molecule is c1ncn(-c2cncc(N3CCC4(CCO4)CC3)n2)n1. The lowest BCUT2D eigenvalue weighted by Gasteiger charge is -2.47. The first kappa shape index (κ1) is 11.8. The summed E-state index contributed by atoms with van der Waals surface area (Å²) in [6.07, 6.45) is 9.96. The van der Waals surface area contributed by atoms with Crippen LogP contribution in [0.25, 0.3) is 5.82 Å². The minimum atomic E-state index is 0.160. The first-order valence-electron chi connectivity index (χ1n) is 6.91. The quantitative estimate of drug-likeness (QED) is 0.806. The molecule has 2 saturated heterocycles. The summed E-state index contributed by atoms with van der Waals surface area (Å²) in [4.78, 5) is 15.1. The Morgan fingerprint density at radius 3 is 2.50 bits per heavy atom. The Bertz CT molecular complexity index is 585. The van der Waals surface area contributed by atoms with E-state index in [1.165, 1.54) is 12.7 Å². The molecule has 0 saturated carbocycles. The first-order chi connectivity index (χ1) is 9.85. The Morgan fingerprint density at radius 1 is 1.05 bits per heavy atom. The van der Waals surface area contributed by atoms with Crippen molar-refractivity contribution in [1.29, 1.82) is 0 Å². The third-order valence-electron chi connectivity index (χ3n) is 4.23. The van der Waals surface area contributed by atoms with Crippen LogP contribution in [0.5, 0.6) is 0 Å². The Morgan fingerprint density at radius 2 is 1.85 bits per heavy atom. The maximum absolute atomic E-state index is 5.74. The molecule has 0 atom stereocenters. The van der Waals surface area contributed by atoms with Gasteiger partial charge in [0.2, 0.25) is 0 Å². The predicted octanol–water partition coefficient (Wildman–Crippen LogP) is 0.817. The molecule has 7 heteroatoms. The molecule has 2 aliphatic heterocycles. The molecular formula is C13H16N6O. The van der Waals surface area contributed by atoms with Gasteiger partial charge in [-0.3, -0.25) is 4.98 Å². The number of anilines is 1. The number of rotatable bonds is 2. The van der Waals surface area contributed by atoms with Crippen LogP contribution >= 0.6 is 0 Å². The molecule has 0 radical (unpaired) electrons. The van der Waals surface area contributed by atoms with Crippen LogP contribution in [0.4, 0.5) is 5.82 Å². The molecule has 7 nitrogen and oxygen atoms in total.